The average molecular weight is 434 g/mol. The van der Waals surface area contributed by atoms with Gasteiger partial charge in [0.2, 0.25) is 6.79 Å². The van der Waals surface area contributed by atoms with Crippen molar-refractivity contribution in [1.82, 2.24) is 5.32 Å². The van der Waals surface area contributed by atoms with Gasteiger partial charge in [0.25, 0.3) is 0 Å². The number of methoxy groups -OCH3 is 2. The third-order valence-corrected chi connectivity index (χ3v) is 5.23. The van der Waals surface area contributed by atoms with Crippen molar-refractivity contribution in [3.05, 3.63) is 77.9 Å². The quantitative estimate of drug-likeness (QED) is 0.549. The molecule has 0 aliphatic carbocycles. The van der Waals surface area contributed by atoms with Gasteiger partial charge in [-0.3, -0.25) is 0 Å². The van der Waals surface area contributed by atoms with Crippen molar-refractivity contribution in [3.8, 4) is 23.0 Å². The number of ether oxygens (including phenoxy) is 4. The van der Waals surface area contributed by atoms with E-state index in [0.29, 0.717) is 30.0 Å². The van der Waals surface area contributed by atoms with Crippen LogP contribution in [0.15, 0.2) is 66.7 Å². The highest BCUT2D eigenvalue weighted by Crippen LogP contribution is 2.33. The maximum absolute atomic E-state index is 12.9. The van der Waals surface area contributed by atoms with Crippen molar-refractivity contribution in [2.75, 3.05) is 26.3 Å². The predicted octanol–water partition coefficient (Wildman–Crippen LogP) is 4.41. The topological polar surface area (TPSA) is 78.1 Å². The molecule has 1 atom stereocenters. The van der Waals surface area contributed by atoms with E-state index in [1.54, 1.807) is 32.4 Å². The van der Waals surface area contributed by atoms with E-state index < -0.39 is 0 Å². The van der Waals surface area contributed by atoms with Crippen LogP contribution in [0.4, 0.5) is 10.5 Å². The van der Waals surface area contributed by atoms with Gasteiger partial charge in [-0.15, -0.1) is 0 Å². The first-order valence-electron chi connectivity index (χ1n) is 10.4. The molecule has 0 aromatic heterocycles. The Kier molecular flexibility index (Phi) is 6.65. The lowest BCUT2D eigenvalue weighted by molar-refractivity contribution is 0.174. The van der Waals surface area contributed by atoms with Crippen LogP contribution in [0, 0.1) is 0 Å². The van der Waals surface area contributed by atoms with Crippen LogP contribution in [0.1, 0.15) is 11.1 Å². The minimum Gasteiger partial charge on any atom is -0.497 e. The maximum Gasteiger partial charge on any atom is 0.319 e. The first-order valence-corrected chi connectivity index (χ1v) is 10.4. The van der Waals surface area contributed by atoms with E-state index in [-0.39, 0.29) is 18.9 Å². The fraction of sp³-hybridized carbons (Fsp3) is 0.240. The number of fused-ring (bicyclic) bond motifs is 1. The van der Waals surface area contributed by atoms with Crippen LogP contribution in [0.3, 0.4) is 0 Å². The third kappa shape index (κ3) is 5.24. The molecule has 1 aliphatic heterocycles. The van der Waals surface area contributed by atoms with Crippen molar-refractivity contribution in [3.63, 3.8) is 0 Å². The summed E-state index contributed by atoms with van der Waals surface area (Å²) in [5, 5.41) is 5.98. The number of anilines is 1. The summed E-state index contributed by atoms with van der Waals surface area (Å²) in [4.78, 5) is 12.9. The molecule has 0 bridgehead atoms. The molecule has 4 rings (SSSR count). The smallest absolute Gasteiger partial charge is 0.319 e. The average Bonchev–Trinajstić information content (AvgIpc) is 3.27. The summed E-state index contributed by atoms with van der Waals surface area (Å²) < 4.78 is 21.5. The van der Waals surface area contributed by atoms with E-state index >= 15 is 0 Å². The standard InChI is InChI=1S/C25H26N2O5/c1-29-20-9-11-22(30-2)21(15-20)27-25(28)26-19(12-17-6-4-3-5-7-17)13-18-8-10-23-24(14-18)32-16-31-23/h3-11,14-15,19H,12-13,16H2,1-2H3,(H2,26,27,28)/t19-/m0/s1. The van der Waals surface area contributed by atoms with Gasteiger partial charge in [-0.25, -0.2) is 4.79 Å². The van der Waals surface area contributed by atoms with Gasteiger partial charge in [0.15, 0.2) is 11.5 Å². The van der Waals surface area contributed by atoms with E-state index in [0.717, 1.165) is 22.6 Å². The number of carbonyl (C=O) groups is 1. The summed E-state index contributed by atoms with van der Waals surface area (Å²) in [7, 11) is 3.13. The molecule has 3 aromatic carbocycles. The zero-order valence-corrected chi connectivity index (χ0v) is 18.1. The Bertz CT molecular complexity index is 1070. The van der Waals surface area contributed by atoms with Gasteiger partial charge >= 0.3 is 6.03 Å². The summed E-state index contributed by atoms with van der Waals surface area (Å²) in [5.41, 5.74) is 2.72. The molecule has 0 saturated heterocycles. The van der Waals surface area contributed by atoms with Gasteiger partial charge in [0, 0.05) is 12.1 Å². The van der Waals surface area contributed by atoms with E-state index in [2.05, 4.69) is 22.8 Å². The van der Waals surface area contributed by atoms with Crippen LogP contribution >= 0.6 is 0 Å². The first kappa shape index (κ1) is 21.4. The van der Waals surface area contributed by atoms with Crippen LogP contribution < -0.4 is 29.6 Å². The normalized spacial score (nSPS) is 12.7. The summed E-state index contributed by atoms with van der Waals surface area (Å²) in [6, 6.07) is 20.7. The molecule has 166 valence electrons. The Hall–Kier alpha value is -3.87. The van der Waals surface area contributed by atoms with E-state index in [9.17, 15) is 4.79 Å². The molecule has 0 fully saturated rings. The zero-order valence-electron chi connectivity index (χ0n) is 18.1. The summed E-state index contributed by atoms with van der Waals surface area (Å²) in [6.45, 7) is 0.231. The minimum absolute atomic E-state index is 0.144. The Morgan fingerprint density at radius 3 is 2.47 bits per heavy atom. The Morgan fingerprint density at radius 1 is 0.906 bits per heavy atom. The lowest BCUT2D eigenvalue weighted by Gasteiger charge is -2.20. The van der Waals surface area contributed by atoms with Gasteiger partial charge in [0.05, 0.1) is 19.9 Å². The van der Waals surface area contributed by atoms with Crippen LogP contribution in [-0.2, 0) is 12.8 Å². The zero-order chi connectivity index (χ0) is 22.3. The molecular formula is C25H26N2O5. The second kappa shape index (κ2) is 9.96. The Labute approximate surface area is 187 Å². The number of hydrogen-bond acceptors (Lipinski definition) is 5. The molecule has 7 heteroatoms. The molecule has 0 unspecified atom stereocenters. The van der Waals surface area contributed by atoms with Crippen LogP contribution in [0.2, 0.25) is 0 Å². The van der Waals surface area contributed by atoms with Gasteiger partial charge in [-0.2, -0.15) is 0 Å². The molecule has 1 heterocycles. The van der Waals surface area contributed by atoms with E-state index in [1.807, 2.05) is 36.4 Å². The van der Waals surface area contributed by atoms with Crippen LogP contribution in [0.5, 0.6) is 23.0 Å². The van der Waals surface area contributed by atoms with Crippen molar-refractivity contribution in [2.24, 2.45) is 0 Å². The molecule has 0 saturated carbocycles. The fourth-order valence-electron chi connectivity index (χ4n) is 3.68. The molecule has 0 spiro atoms. The number of amides is 2. The SMILES string of the molecule is COc1ccc(OC)c(NC(=O)N[C@@H](Cc2ccccc2)Cc2ccc3c(c2)OCO3)c1. The summed E-state index contributed by atoms with van der Waals surface area (Å²) in [5.74, 6) is 2.65. The second-order valence-corrected chi connectivity index (χ2v) is 7.44. The van der Waals surface area contributed by atoms with Gasteiger partial charge in [-0.05, 0) is 48.2 Å². The first-order chi connectivity index (χ1) is 15.6. The lowest BCUT2D eigenvalue weighted by Crippen LogP contribution is -2.40. The summed E-state index contributed by atoms with van der Waals surface area (Å²) >= 11 is 0. The number of urea groups is 1. The molecule has 0 radical (unpaired) electrons. The number of carbonyl (C=O) groups excluding carboxylic acids is 1. The minimum atomic E-state index is -0.321. The van der Waals surface area contributed by atoms with E-state index in [4.69, 9.17) is 18.9 Å². The van der Waals surface area contributed by atoms with Crippen molar-refractivity contribution in [2.45, 2.75) is 18.9 Å². The van der Waals surface area contributed by atoms with E-state index in [1.165, 1.54) is 0 Å². The van der Waals surface area contributed by atoms with Crippen LogP contribution in [0.25, 0.3) is 0 Å². The van der Waals surface area contributed by atoms with Crippen molar-refractivity contribution < 1.29 is 23.7 Å². The van der Waals surface area contributed by atoms with Crippen LogP contribution in [-0.4, -0.2) is 33.1 Å². The lowest BCUT2D eigenvalue weighted by atomic mass is 9.98. The molecule has 2 N–H and O–H groups in total. The molecular weight excluding hydrogens is 408 g/mol. The van der Waals surface area contributed by atoms with Gasteiger partial charge in [0.1, 0.15) is 11.5 Å². The third-order valence-electron chi connectivity index (χ3n) is 5.23. The number of rotatable bonds is 8. The van der Waals surface area contributed by atoms with Crippen molar-refractivity contribution >= 4 is 11.7 Å². The predicted molar refractivity (Wildman–Crippen MR) is 122 cm³/mol. The maximum atomic E-state index is 12.9. The number of nitrogens with one attached hydrogen (secondary N) is 2. The highest BCUT2D eigenvalue weighted by Gasteiger charge is 2.19. The Balaban J connectivity index is 1.50. The molecule has 7 nitrogen and oxygen atoms in total. The van der Waals surface area contributed by atoms with Gasteiger partial charge in [-0.1, -0.05) is 36.4 Å². The Morgan fingerprint density at radius 2 is 1.69 bits per heavy atom. The molecule has 2 amide bonds. The largest absolute Gasteiger partial charge is 0.497 e. The van der Waals surface area contributed by atoms with Gasteiger partial charge < -0.3 is 29.6 Å². The highest BCUT2D eigenvalue weighted by molar-refractivity contribution is 5.91. The van der Waals surface area contributed by atoms with Crippen molar-refractivity contribution in [1.29, 1.82) is 0 Å². The second-order valence-electron chi connectivity index (χ2n) is 7.44. The fourth-order valence-corrected chi connectivity index (χ4v) is 3.68. The summed E-state index contributed by atoms with van der Waals surface area (Å²) in [6.07, 6.45) is 1.31. The molecule has 1 aliphatic rings. The molecule has 32 heavy (non-hydrogen) atoms. The highest BCUT2D eigenvalue weighted by atomic mass is 16.7. The monoisotopic (exact) mass is 434 g/mol. The molecule has 3 aromatic rings. The number of hydrogen-bond donors (Lipinski definition) is 2. The number of benzene rings is 3.